The summed E-state index contributed by atoms with van der Waals surface area (Å²) in [5, 5.41) is 11.3. The average molecular weight is 219 g/mol. The zero-order chi connectivity index (χ0) is 11.4. The van der Waals surface area contributed by atoms with E-state index in [1.807, 2.05) is 11.6 Å². The Morgan fingerprint density at radius 1 is 1.31 bits per heavy atom. The first-order valence-electron chi connectivity index (χ1n) is 5.41. The van der Waals surface area contributed by atoms with Crippen molar-refractivity contribution in [2.24, 2.45) is 14.1 Å². The lowest BCUT2D eigenvalue weighted by Gasteiger charge is -2.05. The van der Waals surface area contributed by atoms with Crippen LogP contribution in [-0.2, 0) is 27.1 Å². The van der Waals surface area contributed by atoms with Crippen molar-refractivity contribution in [2.75, 3.05) is 6.54 Å². The van der Waals surface area contributed by atoms with E-state index in [1.165, 1.54) is 5.69 Å². The minimum Gasteiger partial charge on any atom is -0.353 e. The van der Waals surface area contributed by atoms with E-state index in [4.69, 9.17) is 0 Å². The highest BCUT2D eigenvalue weighted by Crippen LogP contribution is 1.98. The molecule has 2 aromatic heterocycles. The largest absolute Gasteiger partial charge is 0.353 e. The Bertz CT molecular complexity index is 400. The summed E-state index contributed by atoms with van der Waals surface area (Å²) in [5.74, 6) is 1.01. The van der Waals surface area contributed by atoms with E-state index in [9.17, 15) is 0 Å². The fourth-order valence-corrected chi connectivity index (χ4v) is 1.63. The molecule has 0 fully saturated rings. The molecule has 0 radical (unpaired) electrons. The number of rotatable bonds is 5. The third-order valence-electron chi connectivity index (χ3n) is 2.69. The SMILES string of the molecule is Cn1cccc1CNCCc1nncn1C. The molecule has 0 unspecified atom stereocenters. The van der Waals surface area contributed by atoms with Crippen LogP contribution in [0.25, 0.3) is 0 Å². The summed E-state index contributed by atoms with van der Waals surface area (Å²) in [6.45, 7) is 1.80. The molecule has 5 heteroatoms. The first kappa shape index (κ1) is 10.9. The molecule has 0 aliphatic carbocycles. The van der Waals surface area contributed by atoms with Crippen molar-refractivity contribution < 1.29 is 0 Å². The zero-order valence-electron chi connectivity index (χ0n) is 9.72. The van der Waals surface area contributed by atoms with E-state index in [0.29, 0.717) is 0 Å². The van der Waals surface area contributed by atoms with E-state index in [-0.39, 0.29) is 0 Å². The highest BCUT2D eigenvalue weighted by Gasteiger charge is 2.00. The second-order valence-corrected chi connectivity index (χ2v) is 3.90. The molecule has 0 amide bonds. The minimum absolute atomic E-state index is 0.890. The van der Waals surface area contributed by atoms with Crippen molar-refractivity contribution in [3.05, 3.63) is 36.2 Å². The van der Waals surface area contributed by atoms with Crippen LogP contribution in [0, 0.1) is 0 Å². The van der Waals surface area contributed by atoms with Crippen molar-refractivity contribution >= 4 is 0 Å². The molecule has 1 N–H and O–H groups in total. The van der Waals surface area contributed by atoms with Crippen LogP contribution in [0.5, 0.6) is 0 Å². The maximum Gasteiger partial charge on any atom is 0.133 e. The third kappa shape index (κ3) is 2.49. The van der Waals surface area contributed by atoms with Gasteiger partial charge in [-0.1, -0.05) is 0 Å². The number of hydrogen-bond acceptors (Lipinski definition) is 3. The molecule has 2 rings (SSSR count). The Labute approximate surface area is 95.1 Å². The Balaban J connectivity index is 1.74. The predicted octanol–water partition coefficient (Wildman–Crippen LogP) is 0.486. The highest BCUT2D eigenvalue weighted by atomic mass is 15.2. The average Bonchev–Trinajstić information content (AvgIpc) is 2.84. The van der Waals surface area contributed by atoms with Gasteiger partial charge in [-0.3, -0.25) is 0 Å². The lowest BCUT2D eigenvalue weighted by Crippen LogP contribution is -2.19. The summed E-state index contributed by atoms with van der Waals surface area (Å²) in [6, 6.07) is 4.18. The van der Waals surface area contributed by atoms with E-state index in [1.54, 1.807) is 6.33 Å². The van der Waals surface area contributed by atoms with Crippen molar-refractivity contribution in [1.82, 2.24) is 24.6 Å². The van der Waals surface area contributed by atoms with Gasteiger partial charge in [0.2, 0.25) is 0 Å². The molecule has 16 heavy (non-hydrogen) atoms. The predicted molar refractivity (Wildman–Crippen MR) is 61.8 cm³/mol. The first-order valence-corrected chi connectivity index (χ1v) is 5.41. The van der Waals surface area contributed by atoms with Gasteiger partial charge in [-0.2, -0.15) is 0 Å². The highest BCUT2D eigenvalue weighted by molar-refractivity contribution is 5.05. The molecule has 0 saturated carbocycles. The van der Waals surface area contributed by atoms with E-state index >= 15 is 0 Å². The fraction of sp³-hybridized carbons (Fsp3) is 0.455. The van der Waals surface area contributed by atoms with Gasteiger partial charge in [0.05, 0.1) is 0 Å². The standard InChI is InChI=1S/C11H17N5/c1-15-7-3-4-10(15)8-12-6-5-11-14-13-9-16(11)2/h3-4,7,9,12H,5-6,8H2,1-2H3. The second kappa shape index (κ2) is 4.94. The van der Waals surface area contributed by atoms with Gasteiger partial charge in [-0.15, -0.1) is 10.2 Å². The van der Waals surface area contributed by atoms with Gasteiger partial charge < -0.3 is 14.5 Å². The fourth-order valence-electron chi connectivity index (χ4n) is 1.63. The molecule has 5 nitrogen and oxygen atoms in total. The summed E-state index contributed by atoms with van der Waals surface area (Å²) in [7, 11) is 4.02. The van der Waals surface area contributed by atoms with Crippen LogP contribution in [0.3, 0.4) is 0 Å². The molecular formula is C11H17N5. The molecule has 0 aliphatic heterocycles. The number of aryl methyl sites for hydroxylation is 2. The van der Waals surface area contributed by atoms with E-state index in [2.05, 4.69) is 45.5 Å². The summed E-state index contributed by atoms with van der Waals surface area (Å²) >= 11 is 0. The summed E-state index contributed by atoms with van der Waals surface area (Å²) in [4.78, 5) is 0. The normalized spacial score (nSPS) is 10.9. The van der Waals surface area contributed by atoms with Crippen molar-refractivity contribution in [2.45, 2.75) is 13.0 Å². The van der Waals surface area contributed by atoms with Crippen LogP contribution in [-0.4, -0.2) is 25.9 Å². The quantitative estimate of drug-likeness (QED) is 0.744. The van der Waals surface area contributed by atoms with Gasteiger partial charge in [0.1, 0.15) is 12.2 Å². The van der Waals surface area contributed by atoms with Gasteiger partial charge >= 0.3 is 0 Å². The Kier molecular flexibility index (Phi) is 3.36. The number of hydrogen-bond donors (Lipinski definition) is 1. The zero-order valence-corrected chi connectivity index (χ0v) is 9.72. The number of aromatic nitrogens is 4. The van der Waals surface area contributed by atoms with Crippen LogP contribution in [0.15, 0.2) is 24.7 Å². The molecule has 0 aromatic carbocycles. The van der Waals surface area contributed by atoms with Crippen molar-refractivity contribution in [1.29, 1.82) is 0 Å². The third-order valence-corrected chi connectivity index (χ3v) is 2.69. The summed E-state index contributed by atoms with van der Waals surface area (Å²) in [6.07, 6.45) is 4.69. The van der Waals surface area contributed by atoms with Crippen LogP contribution in [0.2, 0.25) is 0 Å². The monoisotopic (exact) mass is 219 g/mol. The first-order chi connectivity index (χ1) is 7.77. The topological polar surface area (TPSA) is 47.7 Å². The lowest BCUT2D eigenvalue weighted by molar-refractivity contribution is 0.631. The maximum absolute atomic E-state index is 4.04. The maximum atomic E-state index is 4.04. The number of nitrogens with zero attached hydrogens (tertiary/aromatic N) is 4. The van der Waals surface area contributed by atoms with Crippen LogP contribution in [0.4, 0.5) is 0 Å². The Hall–Kier alpha value is -1.62. The van der Waals surface area contributed by atoms with Crippen LogP contribution in [0.1, 0.15) is 11.5 Å². The molecule has 0 atom stereocenters. The van der Waals surface area contributed by atoms with Gasteiger partial charge in [0, 0.05) is 45.5 Å². The summed E-state index contributed by atoms with van der Waals surface area (Å²) < 4.78 is 4.07. The molecule has 2 heterocycles. The van der Waals surface area contributed by atoms with Gasteiger partial charge in [-0.25, -0.2) is 0 Å². The molecular weight excluding hydrogens is 202 g/mol. The summed E-state index contributed by atoms with van der Waals surface area (Å²) in [5.41, 5.74) is 1.29. The molecule has 2 aromatic rings. The van der Waals surface area contributed by atoms with Crippen LogP contribution < -0.4 is 5.32 Å². The van der Waals surface area contributed by atoms with Crippen molar-refractivity contribution in [3.8, 4) is 0 Å². The molecule has 0 saturated heterocycles. The van der Waals surface area contributed by atoms with Crippen LogP contribution >= 0.6 is 0 Å². The molecule has 0 spiro atoms. The lowest BCUT2D eigenvalue weighted by atomic mass is 10.3. The Morgan fingerprint density at radius 3 is 2.81 bits per heavy atom. The molecule has 86 valence electrons. The minimum atomic E-state index is 0.890. The van der Waals surface area contributed by atoms with Crippen molar-refractivity contribution in [3.63, 3.8) is 0 Å². The van der Waals surface area contributed by atoms with E-state index < -0.39 is 0 Å². The van der Waals surface area contributed by atoms with Gasteiger partial charge in [-0.05, 0) is 12.1 Å². The molecule has 0 aliphatic rings. The van der Waals surface area contributed by atoms with Gasteiger partial charge in [0.15, 0.2) is 0 Å². The van der Waals surface area contributed by atoms with Gasteiger partial charge in [0.25, 0.3) is 0 Å². The molecule has 0 bridgehead atoms. The smallest absolute Gasteiger partial charge is 0.133 e. The van der Waals surface area contributed by atoms with E-state index in [0.717, 1.165) is 25.3 Å². The number of nitrogens with one attached hydrogen (secondary N) is 1. The Morgan fingerprint density at radius 2 is 2.19 bits per heavy atom. The second-order valence-electron chi connectivity index (χ2n) is 3.90.